The summed E-state index contributed by atoms with van der Waals surface area (Å²) in [5, 5.41) is 12.6. The monoisotopic (exact) mass is 628 g/mol. The maximum atomic E-state index is 13.6. The molecule has 1 heterocycles. The summed E-state index contributed by atoms with van der Waals surface area (Å²) in [5.41, 5.74) is 3.10. The zero-order chi connectivity index (χ0) is 28.8. The second-order valence-corrected chi connectivity index (χ2v) is 12.5. The second kappa shape index (κ2) is 10.8. The van der Waals surface area contributed by atoms with Crippen LogP contribution in [-0.4, -0.2) is 32.4 Å². The Morgan fingerprint density at radius 1 is 1.12 bits per heavy atom. The third-order valence-electron chi connectivity index (χ3n) is 6.95. The average molecular weight is 630 g/mol. The van der Waals surface area contributed by atoms with Crippen LogP contribution < -0.4 is 10.0 Å². The number of sulfonamides is 1. The topological polar surface area (TPSA) is 126 Å². The van der Waals surface area contributed by atoms with Gasteiger partial charge in [-0.3, -0.25) is 4.79 Å². The highest BCUT2D eigenvalue weighted by Gasteiger charge is 2.31. The van der Waals surface area contributed by atoms with E-state index in [0.29, 0.717) is 37.7 Å². The number of halogens is 2. The zero-order valence-corrected chi connectivity index (χ0v) is 24.0. The SMILES string of the molecule is CNC(=O)c1c(-c2ccc(F)cc2)oc2cc(CS(=O)(=O)NC(C)c3ccc(Br)c(C(=O)O)c3)c(C3CC3)cc12. The Kier molecular flexibility index (Phi) is 7.56. The van der Waals surface area contributed by atoms with Gasteiger partial charge in [0.2, 0.25) is 10.0 Å². The van der Waals surface area contributed by atoms with Crippen molar-refractivity contribution in [1.82, 2.24) is 10.0 Å². The fraction of sp³-hybridized carbons (Fsp3) is 0.241. The standard InChI is InChI=1S/C29H26BrFN2O6S/c1-15(18-7-10-24(30)22(11-18)29(35)36)33-40(37,38)14-19-12-25-23(13-21(19)16-3-4-16)26(28(34)32-2)27(39-25)17-5-8-20(31)9-6-17/h5-13,15-16,33H,3-4,14H2,1-2H3,(H,32,34)(H,35,36). The first-order chi connectivity index (χ1) is 19.0. The molecule has 1 unspecified atom stereocenters. The van der Waals surface area contributed by atoms with Crippen LogP contribution in [0.1, 0.15) is 69.1 Å². The van der Waals surface area contributed by atoms with Gasteiger partial charge in [0.1, 0.15) is 17.2 Å². The van der Waals surface area contributed by atoms with E-state index in [0.717, 1.165) is 18.4 Å². The number of rotatable bonds is 9. The Hall–Kier alpha value is -3.54. The fourth-order valence-corrected chi connectivity index (χ4v) is 6.65. The van der Waals surface area contributed by atoms with E-state index in [4.69, 9.17) is 4.42 Å². The summed E-state index contributed by atoms with van der Waals surface area (Å²) in [7, 11) is -2.37. The van der Waals surface area contributed by atoms with Crippen molar-refractivity contribution in [3.05, 3.63) is 92.7 Å². The molecule has 1 amide bonds. The molecule has 1 fully saturated rings. The van der Waals surface area contributed by atoms with Crippen LogP contribution in [-0.2, 0) is 15.8 Å². The first kappa shape index (κ1) is 28.0. The highest BCUT2D eigenvalue weighted by Crippen LogP contribution is 2.45. The molecule has 11 heteroatoms. The number of carboxylic acid groups (broad SMARTS) is 1. The van der Waals surface area contributed by atoms with E-state index in [2.05, 4.69) is 26.0 Å². The van der Waals surface area contributed by atoms with Gasteiger partial charge in [-0.1, -0.05) is 6.07 Å². The van der Waals surface area contributed by atoms with Gasteiger partial charge in [0, 0.05) is 28.5 Å². The zero-order valence-electron chi connectivity index (χ0n) is 21.6. The van der Waals surface area contributed by atoms with Crippen LogP contribution in [0, 0.1) is 5.82 Å². The van der Waals surface area contributed by atoms with Gasteiger partial charge in [-0.2, -0.15) is 0 Å². The molecule has 5 rings (SSSR count). The lowest BCUT2D eigenvalue weighted by Crippen LogP contribution is -2.28. The molecule has 0 bridgehead atoms. The predicted octanol–water partition coefficient (Wildman–Crippen LogP) is 6.12. The number of fused-ring (bicyclic) bond motifs is 1. The Balaban J connectivity index is 1.52. The molecule has 0 saturated heterocycles. The van der Waals surface area contributed by atoms with Gasteiger partial charge in [-0.15, -0.1) is 0 Å². The molecule has 0 spiro atoms. The molecule has 3 N–H and O–H groups in total. The smallest absolute Gasteiger partial charge is 0.336 e. The number of amides is 1. The number of hydrogen-bond acceptors (Lipinski definition) is 5. The van der Waals surface area contributed by atoms with Crippen LogP contribution in [0.15, 0.2) is 63.5 Å². The highest BCUT2D eigenvalue weighted by atomic mass is 79.9. The minimum absolute atomic E-state index is 0.0340. The molecule has 1 aromatic heterocycles. The number of hydrogen-bond donors (Lipinski definition) is 3. The summed E-state index contributed by atoms with van der Waals surface area (Å²) in [6, 6.07) is 13.1. The van der Waals surface area contributed by atoms with Crippen LogP contribution in [0.4, 0.5) is 4.39 Å². The number of furan rings is 1. The van der Waals surface area contributed by atoms with Crippen molar-refractivity contribution in [3.8, 4) is 11.3 Å². The van der Waals surface area contributed by atoms with Crippen LogP contribution in [0.2, 0.25) is 0 Å². The van der Waals surface area contributed by atoms with Gasteiger partial charge >= 0.3 is 5.97 Å². The van der Waals surface area contributed by atoms with E-state index in [1.807, 2.05) is 6.07 Å². The van der Waals surface area contributed by atoms with Crippen LogP contribution in [0.25, 0.3) is 22.3 Å². The molecular weight excluding hydrogens is 603 g/mol. The molecule has 208 valence electrons. The number of carbonyl (C=O) groups excluding carboxylic acids is 1. The van der Waals surface area contributed by atoms with Gasteiger partial charge in [0.25, 0.3) is 5.91 Å². The summed E-state index contributed by atoms with van der Waals surface area (Å²) in [5.74, 6) is -1.81. The van der Waals surface area contributed by atoms with E-state index in [-0.39, 0.29) is 28.9 Å². The van der Waals surface area contributed by atoms with Crippen LogP contribution >= 0.6 is 15.9 Å². The normalized spacial score (nSPS) is 14.3. The fourth-order valence-electron chi connectivity index (χ4n) is 4.82. The maximum absolute atomic E-state index is 13.6. The molecule has 1 aliphatic rings. The lowest BCUT2D eigenvalue weighted by molar-refractivity contribution is 0.0695. The van der Waals surface area contributed by atoms with E-state index in [9.17, 15) is 27.5 Å². The van der Waals surface area contributed by atoms with Gasteiger partial charge in [-0.05, 0) is 107 Å². The Bertz CT molecular complexity index is 1750. The second-order valence-electron chi connectivity index (χ2n) is 9.86. The van der Waals surface area contributed by atoms with Gasteiger partial charge in [0.15, 0.2) is 0 Å². The number of nitrogens with one attached hydrogen (secondary N) is 2. The Morgan fingerprint density at radius 2 is 1.82 bits per heavy atom. The highest BCUT2D eigenvalue weighted by molar-refractivity contribution is 9.10. The lowest BCUT2D eigenvalue weighted by Gasteiger charge is -2.17. The first-order valence-corrected chi connectivity index (χ1v) is 15.0. The molecule has 40 heavy (non-hydrogen) atoms. The van der Waals surface area contributed by atoms with Crippen molar-refractivity contribution in [2.24, 2.45) is 0 Å². The Morgan fingerprint density at radius 3 is 2.45 bits per heavy atom. The Labute approximate surface area is 238 Å². The summed E-state index contributed by atoms with van der Waals surface area (Å²) >= 11 is 3.20. The molecule has 3 aromatic carbocycles. The minimum Gasteiger partial charge on any atom is -0.478 e. The number of aromatic carboxylic acids is 1. The van der Waals surface area contributed by atoms with Crippen molar-refractivity contribution >= 4 is 48.8 Å². The van der Waals surface area contributed by atoms with Crippen LogP contribution in [0.5, 0.6) is 0 Å². The van der Waals surface area contributed by atoms with Crippen molar-refractivity contribution in [3.63, 3.8) is 0 Å². The molecule has 1 atom stereocenters. The quantitative estimate of drug-likeness (QED) is 0.205. The minimum atomic E-state index is -3.88. The molecule has 8 nitrogen and oxygen atoms in total. The number of carboxylic acids is 1. The van der Waals surface area contributed by atoms with Crippen LogP contribution in [0.3, 0.4) is 0 Å². The maximum Gasteiger partial charge on any atom is 0.336 e. The summed E-state index contributed by atoms with van der Waals surface area (Å²) in [6.07, 6.45) is 1.80. The molecule has 4 aromatic rings. The third-order valence-corrected chi connectivity index (χ3v) is 9.05. The first-order valence-electron chi connectivity index (χ1n) is 12.6. The average Bonchev–Trinajstić information content (AvgIpc) is 3.68. The van der Waals surface area contributed by atoms with E-state index >= 15 is 0 Å². The number of carbonyl (C=O) groups is 2. The van der Waals surface area contributed by atoms with Gasteiger partial charge in [-0.25, -0.2) is 22.3 Å². The van der Waals surface area contributed by atoms with Crippen molar-refractivity contribution in [1.29, 1.82) is 0 Å². The summed E-state index contributed by atoms with van der Waals surface area (Å²) in [4.78, 5) is 24.4. The number of benzene rings is 3. The van der Waals surface area contributed by atoms with E-state index in [1.165, 1.54) is 37.4 Å². The third kappa shape index (κ3) is 5.67. The van der Waals surface area contributed by atoms with Gasteiger partial charge < -0.3 is 14.8 Å². The molecule has 1 aliphatic carbocycles. The summed E-state index contributed by atoms with van der Waals surface area (Å²) in [6.45, 7) is 1.65. The van der Waals surface area contributed by atoms with E-state index < -0.39 is 27.9 Å². The lowest BCUT2D eigenvalue weighted by atomic mass is 9.98. The molecule has 0 radical (unpaired) electrons. The summed E-state index contributed by atoms with van der Waals surface area (Å²) < 4.78 is 49.3. The predicted molar refractivity (Wildman–Crippen MR) is 152 cm³/mol. The van der Waals surface area contributed by atoms with E-state index in [1.54, 1.807) is 25.1 Å². The van der Waals surface area contributed by atoms with Crippen molar-refractivity contribution in [2.75, 3.05) is 7.05 Å². The molecule has 1 saturated carbocycles. The van der Waals surface area contributed by atoms with Crippen molar-refractivity contribution < 1.29 is 31.9 Å². The molecule has 0 aliphatic heterocycles. The van der Waals surface area contributed by atoms with Gasteiger partial charge in [0.05, 0.1) is 16.9 Å². The largest absolute Gasteiger partial charge is 0.478 e. The molecular formula is C29H26BrFN2O6S. The van der Waals surface area contributed by atoms with Crippen molar-refractivity contribution in [2.45, 2.75) is 37.5 Å².